The van der Waals surface area contributed by atoms with Gasteiger partial charge in [-0.15, -0.1) is 0 Å². The van der Waals surface area contributed by atoms with Crippen molar-refractivity contribution in [2.75, 3.05) is 6.54 Å². The summed E-state index contributed by atoms with van der Waals surface area (Å²) in [4.78, 5) is 11.7. The normalized spacial score (nSPS) is 13.7. The first-order valence-electron chi connectivity index (χ1n) is 6.74. The highest BCUT2D eigenvalue weighted by atomic mass is 35.5. The predicted octanol–water partition coefficient (Wildman–Crippen LogP) is 5.09. The fraction of sp³-hybridized carbons (Fsp3) is 0.438. The SMILES string of the molecule is CC(/C(=C\Cl)CNC(=O)OC(C)(C)C)c1ccc(Cl)cc1. The van der Waals surface area contributed by atoms with Crippen LogP contribution in [0.1, 0.15) is 39.2 Å². The molecule has 1 unspecified atom stereocenters. The molecule has 1 atom stereocenters. The first-order valence-corrected chi connectivity index (χ1v) is 7.56. The van der Waals surface area contributed by atoms with Crippen LogP contribution in [0.5, 0.6) is 0 Å². The molecule has 116 valence electrons. The van der Waals surface area contributed by atoms with Crippen molar-refractivity contribution in [2.45, 2.75) is 39.2 Å². The Kier molecular flexibility index (Phi) is 6.56. The fourth-order valence-corrected chi connectivity index (χ4v) is 2.13. The van der Waals surface area contributed by atoms with Crippen LogP contribution in [-0.4, -0.2) is 18.2 Å². The van der Waals surface area contributed by atoms with Crippen LogP contribution in [0, 0.1) is 0 Å². The van der Waals surface area contributed by atoms with E-state index in [0.29, 0.717) is 11.6 Å². The minimum atomic E-state index is -0.517. The van der Waals surface area contributed by atoms with Gasteiger partial charge in [-0.25, -0.2) is 4.79 Å². The number of halogens is 2. The number of carbonyl (C=O) groups is 1. The number of benzene rings is 1. The van der Waals surface area contributed by atoms with Crippen molar-refractivity contribution < 1.29 is 9.53 Å². The third-order valence-corrected chi connectivity index (χ3v) is 3.43. The molecule has 0 aromatic heterocycles. The topological polar surface area (TPSA) is 38.3 Å². The number of amides is 1. The average molecular weight is 330 g/mol. The Morgan fingerprint density at radius 2 is 1.90 bits per heavy atom. The molecule has 1 N–H and O–H groups in total. The molecule has 0 spiro atoms. The van der Waals surface area contributed by atoms with Gasteiger partial charge < -0.3 is 10.1 Å². The van der Waals surface area contributed by atoms with Crippen molar-refractivity contribution in [1.82, 2.24) is 5.32 Å². The fourth-order valence-electron chi connectivity index (χ4n) is 1.74. The summed E-state index contributed by atoms with van der Waals surface area (Å²) in [5, 5.41) is 3.40. The second-order valence-electron chi connectivity index (χ2n) is 5.81. The molecule has 0 fully saturated rings. The summed E-state index contributed by atoms with van der Waals surface area (Å²) in [6.07, 6.45) is -0.457. The minimum absolute atomic E-state index is 0.0784. The second-order valence-corrected chi connectivity index (χ2v) is 6.47. The monoisotopic (exact) mass is 329 g/mol. The van der Waals surface area contributed by atoms with E-state index >= 15 is 0 Å². The lowest BCUT2D eigenvalue weighted by Crippen LogP contribution is -2.34. The smallest absolute Gasteiger partial charge is 0.407 e. The number of alkyl carbamates (subject to hydrolysis) is 1. The second kappa shape index (κ2) is 7.71. The van der Waals surface area contributed by atoms with E-state index in [0.717, 1.165) is 11.1 Å². The highest BCUT2D eigenvalue weighted by molar-refractivity contribution is 6.30. The van der Waals surface area contributed by atoms with E-state index in [-0.39, 0.29) is 5.92 Å². The number of hydrogen-bond acceptors (Lipinski definition) is 2. The molecular formula is C16H21Cl2NO2. The quantitative estimate of drug-likeness (QED) is 0.835. The maximum atomic E-state index is 11.7. The maximum Gasteiger partial charge on any atom is 0.407 e. The van der Waals surface area contributed by atoms with Gasteiger partial charge in [0.1, 0.15) is 5.60 Å². The summed E-state index contributed by atoms with van der Waals surface area (Å²) in [5.74, 6) is 0.0784. The minimum Gasteiger partial charge on any atom is -0.444 e. The van der Waals surface area contributed by atoms with E-state index in [4.69, 9.17) is 27.9 Å². The Labute approximate surface area is 136 Å². The van der Waals surface area contributed by atoms with Crippen molar-refractivity contribution in [2.24, 2.45) is 0 Å². The van der Waals surface area contributed by atoms with Gasteiger partial charge in [-0.2, -0.15) is 0 Å². The number of hydrogen-bond donors (Lipinski definition) is 1. The van der Waals surface area contributed by atoms with Gasteiger partial charge in [0.2, 0.25) is 0 Å². The van der Waals surface area contributed by atoms with Gasteiger partial charge in [-0.1, -0.05) is 42.3 Å². The van der Waals surface area contributed by atoms with E-state index in [9.17, 15) is 4.79 Å². The van der Waals surface area contributed by atoms with Crippen molar-refractivity contribution in [3.63, 3.8) is 0 Å². The maximum absolute atomic E-state index is 11.7. The third-order valence-electron chi connectivity index (χ3n) is 2.90. The van der Waals surface area contributed by atoms with Crippen LogP contribution in [0.25, 0.3) is 0 Å². The molecule has 1 rings (SSSR count). The molecule has 21 heavy (non-hydrogen) atoms. The molecule has 0 aliphatic heterocycles. The van der Waals surface area contributed by atoms with Gasteiger partial charge in [-0.05, 0) is 44.0 Å². The average Bonchev–Trinajstić information content (AvgIpc) is 2.38. The van der Waals surface area contributed by atoms with Crippen molar-refractivity contribution in [3.8, 4) is 0 Å². The van der Waals surface area contributed by atoms with Gasteiger partial charge in [0.25, 0.3) is 0 Å². The first kappa shape index (κ1) is 17.9. The summed E-state index contributed by atoms with van der Waals surface area (Å²) < 4.78 is 5.20. The number of nitrogens with one attached hydrogen (secondary N) is 1. The molecule has 5 heteroatoms. The van der Waals surface area contributed by atoms with E-state index in [1.807, 2.05) is 52.0 Å². The summed E-state index contributed by atoms with van der Waals surface area (Å²) in [6, 6.07) is 7.56. The predicted molar refractivity (Wildman–Crippen MR) is 88.0 cm³/mol. The Morgan fingerprint density at radius 3 is 2.38 bits per heavy atom. The molecule has 0 aliphatic rings. The van der Waals surface area contributed by atoms with Gasteiger partial charge in [-0.3, -0.25) is 0 Å². The highest BCUT2D eigenvalue weighted by Gasteiger charge is 2.17. The number of rotatable bonds is 4. The largest absolute Gasteiger partial charge is 0.444 e. The van der Waals surface area contributed by atoms with Crippen LogP contribution in [0.3, 0.4) is 0 Å². The molecule has 0 heterocycles. The molecule has 0 radical (unpaired) electrons. The van der Waals surface area contributed by atoms with Crippen molar-refractivity contribution in [3.05, 3.63) is 46.0 Å². The number of carbonyl (C=O) groups excluding carboxylic acids is 1. The summed E-state index contributed by atoms with van der Waals surface area (Å²) in [7, 11) is 0. The van der Waals surface area contributed by atoms with Gasteiger partial charge in [0, 0.05) is 23.0 Å². The molecule has 0 bridgehead atoms. The zero-order valence-corrected chi connectivity index (χ0v) is 14.3. The van der Waals surface area contributed by atoms with Gasteiger partial charge in [0.05, 0.1) is 0 Å². The molecule has 0 aliphatic carbocycles. The zero-order chi connectivity index (χ0) is 16.0. The van der Waals surface area contributed by atoms with Crippen molar-refractivity contribution >= 4 is 29.3 Å². The van der Waals surface area contributed by atoms with Crippen LogP contribution in [0.2, 0.25) is 5.02 Å². The number of ether oxygens (including phenoxy) is 1. The van der Waals surface area contributed by atoms with Crippen LogP contribution in [0.4, 0.5) is 4.79 Å². The van der Waals surface area contributed by atoms with E-state index in [1.165, 1.54) is 5.54 Å². The third kappa shape index (κ3) is 6.40. The Bertz CT molecular complexity index is 504. The van der Waals surface area contributed by atoms with Crippen LogP contribution in [0.15, 0.2) is 35.4 Å². The van der Waals surface area contributed by atoms with Crippen LogP contribution >= 0.6 is 23.2 Å². The zero-order valence-electron chi connectivity index (χ0n) is 12.7. The summed E-state index contributed by atoms with van der Waals surface area (Å²) >= 11 is 11.8. The standard InChI is InChI=1S/C16H21Cl2NO2/c1-11(12-5-7-14(18)8-6-12)13(9-17)10-19-15(20)21-16(2,3)4/h5-9,11H,10H2,1-4H3,(H,19,20)/b13-9-. The van der Waals surface area contributed by atoms with Crippen LogP contribution < -0.4 is 5.32 Å². The Balaban J connectivity index is 2.63. The van der Waals surface area contributed by atoms with Crippen LogP contribution in [-0.2, 0) is 4.74 Å². The highest BCUT2D eigenvalue weighted by Crippen LogP contribution is 2.25. The molecule has 3 nitrogen and oxygen atoms in total. The molecule has 1 aromatic rings. The van der Waals surface area contributed by atoms with Crippen molar-refractivity contribution in [1.29, 1.82) is 0 Å². The van der Waals surface area contributed by atoms with E-state index < -0.39 is 11.7 Å². The van der Waals surface area contributed by atoms with E-state index in [2.05, 4.69) is 5.32 Å². The lowest BCUT2D eigenvalue weighted by Gasteiger charge is -2.21. The lowest BCUT2D eigenvalue weighted by atomic mass is 9.94. The summed E-state index contributed by atoms with van der Waals surface area (Å²) in [6.45, 7) is 7.82. The molecule has 0 saturated heterocycles. The van der Waals surface area contributed by atoms with Gasteiger partial charge >= 0.3 is 6.09 Å². The first-order chi connectivity index (χ1) is 9.73. The van der Waals surface area contributed by atoms with Gasteiger partial charge in [0.15, 0.2) is 0 Å². The molecule has 0 saturated carbocycles. The molecular weight excluding hydrogens is 309 g/mol. The Hall–Kier alpha value is -1.19. The van der Waals surface area contributed by atoms with E-state index in [1.54, 1.807) is 0 Å². The molecule has 1 aromatic carbocycles. The summed E-state index contributed by atoms with van der Waals surface area (Å²) in [5.41, 5.74) is 2.95. The molecule has 1 amide bonds. The lowest BCUT2D eigenvalue weighted by molar-refractivity contribution is 0.0532. The Morgan fingerprint density at radius 1 is 1.33 bits per heavy atom.